The second kappa shape index (κ2) is 16.2. The van der Waals surface area contributed by atoms with Gasteiger partial charge in [-0.25, -0.2) is 22.6 Å². The van der Waals surface area contributed by atoms with Crippen LogP contribution in [0.4, 0.5) is 18.0 Å². The molecule has 5 amide bonds. The maximum absolute atomic E-state index is 13.5. The molecule has 0 spiro atoms. The lowest BCUT2D eigenvalue weighted by molar-refractivity contribution is -0.140. The highest BCUT2D eigenvalue weighted by Crippen LogP contribution is 2.24. The molecule has 3 heterocycles. The minimum Gasteiger partial charge on any atom is -0.467 e. The molecule has 17 nitrogen and oxygen atoms in total. The molecule has 21 heteroatoms. The summed E-state index contributed by atoms with van der Waals surface area (Å²) in [5.74, 6) is -2.49. The first-order valence-corrected chi connectivity index (χ1v) is 18.1. The van der Waals surface area contributed by atoms with Crippen molar-refractivity contribution >= 4 is 39.7 Å². The van der Waals surface area contributed by atoms with E-state index in [1.54, 1.807) is 30.3 Å². The van der Waals surface area contributed by atoms with Crippen LogP contribution in [0.15, 0.2) is 36.4 Å². The highest BCUT2D eigenvalue weighted by atomic mass is 32.2. The SMILES string of the molecule is O=C(N[C@@H](CCNS(=O)(=O)C(F)(F)F)C(=O)N1CCN(C(=O)O)CC1)c1cc(OCC(=O)N2CCC[C@H]2C(=O)NC2CCC2)n(-c2ccccc2)n1. The van der Waals surface area contributed by atoms with E-state index in [0.29, 0.717) is 25.1 Å². The summed E-state index contributed by atoms with van der Waals surface area (Å²) in [6.07, 6.45) is 2.16. The third-order valence-corrected chi connectivity index (χ3v) is 10.3. The van der Waals surface area contributed by atoms with Crippen molar-refractivity contribution in [1.29, 1.82) is 0 Å². The molecule has 3 fully saturated rings. The highest BCUT2D eigenvalue weighted by molar-refractivity contribution is 7.90. The molecule has 1 aromatic carbocycles. The van der Waals surface area contributed by atoms with Gasteiger partial charge in [-0.1, -0.05) is 18.2 Å². The summed E-state index contributed by atoms with van der Waals surface area (Å²) in [6.45, 7) is -1.31. The predicted molar refractivity (Wildman–Crippen MR) is 175 cm³/mol. The van der Waals surface area contributed by atoms with Crippen molar-refractivity contribution in [2.45, 2.75) is 62.2 Å². The van der Waals surface area contributed by atoms with Crippen LogP contribution >= 0.6 is 0 Å². The summed E-state index contributed by atoms with van der Waals surface area (Å²) >= 11 is 0. The average molecular weight is 757 g/mol. The number of para-hydroxylation sites is 1. The number of hydrogen-bond acceptors (Lipinski definition) is 9. The molecule has 52 heavy (non-hydrogen) atoms. The quantitative estimate of drug-likeness (QED) is 0.224. The van der Waals surface area contributed by atoms with Gasteiger partial charge in [0.1, 0.15) is 12.1 Å². The number of ether oxygens (including phenoxy) is 1. The number of piperazine rings is 1. The summed E-state index contributed by atoms with van der Waals surface area (Å²) in [7, 11) is -5.75. The zero-order chi connectivity index (χ0) is 37.6. The largest absolute Gasteiger partial charge is 0.511 e. The van der Waals surface area contributed by atoms with E-state index in [2.05, 4.69) is 15.7 Å². The average Bonchev–Trinajstić information content (AvgIpc) is 3.76. The topological polar surface area (TPSA) is 213 Å². The van der Waals surface area contributed by atoms with Gasteiger partial charge in [0, 0.05) is 51.4 Å². The van der Waals surface area contributed by atoms with Gasteiger partial charge in [0.2, 0.25) is 17.7 Å². The van der Waals surface area contributed by atoms with E-state index in [1.165, 1.54) is 25.3 Å². The minimum atomic E-state index is -5.75. The number of rotatable bonds is 13. The van der Waals surface area contributed by atoms with E-state index < -0.39 is 71.0 Å². The van der Waals surface area contributed by atoms with Gasteiger partial charge in [-0.2, -0.15) is 18.3 Å². The number of carboxylic acid groups (broad SMARTS) is 1. The van der Waals surface area contributed by atoms with Crippen molar-refractivity contribution in [3.63, 3.8) is 0 Å². The van der Waals surface area contributed by atoms with Crippen LogP contribution in [0.5, 0.6) is 5.88 Å². The van der Waals surface area contributed by atoms with Crippen molar-refractivity contribution in [3.05, 3.63) is 42.1 Å². The Morgan fingerprint density at radius 1 is 0.962 bits per heavy atom. The highest BCUT2D eigenvalue weighted by Gasteiger charge is 2.45. The molecule has 2 atom stereocenters. The normalized spacial score (nSPS) is 18.8. The van der Waals surface area contributed by atoms with Gasteiger partial charge < -0.3 is 35.2 Å². The molecule has 1 aromatic heterocycles. The van der Waals surface area contributed by atoms with E-state index in [0.717, 1.165) is 24.2 Å². The molecular formula is C31H39F3N8O9S. The molecule has 3 aliphatic rings. The van der Waals surface area contributed by atoms with Crippen LogP contribution in [0.2, 0.25) is 0 Å². The number of sulfonamides is 1. The van der Waals surface area contributed by atoms with Gasteiger partial charge in [0.25, 0.3) is 11.8 Å². The summed E-state index contributed by atoms with van der Waals surface area (Å²) in [5.41, 5.74) is -5.49. The zero-order valence-corrected chi connectivity index (χ0v) is 28.7. The number of halogens is 3. The van der Waals surface area contributed by atoms with Gasteiger partial charge in [-0.3, -0.25) is 19.2 Å². The van der Waals surface area contributed by atoms with Crippen LogP contribution < -0.4 is 20.1 Å². The number of aromatic nitrogens is 2. The van der Waals surface area contributed by atoms with E-state index in [1.807, 2.05) is 0 Å². The van der Waals surface area contributed by atoms with Crippen LogP contribution in [-0.4, -0.2) is 137 Å². The molecule has 4 N–H and O–H groups in total. The number of alkyl halides is 3. The van der Waals surface area contributed by atoms with Crippen molar-refractivity contribution in [1.82, 2.24) is 39.8 Å². The van der Waals surface area contributed by atoms with Crippen LogP contribution in [0.1, 0.15) is 49.0 Å². The number of nitrogens with one attached hydrogen (secondary N) is 3. The Bertz CT molecular complexity index is 1750. The number of likely N-dealkylation sites (tertiary alicyclic amines) is 1. The van der Waals surface area contributed by atoms with Gasteiger partial charge in [-0.15, -0.1) is 0 Å². The Kier molecular flexibility index (Phi) is 11.9. The Hall–Kier alpha value is -4.92. The first-order chi connectivity index (χ1) is 24.6. The van der Waals surface area contributed by atoms with Gasteiger partial charge >= 0.3 is 21.6 Å². The lowest BCUT2D eigenvalue weighted by atomic mass is 9.93. The third kappa shape index (κ3) is 9.11. The predicted octanol–water partition coefficient (Wildman–Crippen LogP) is 0.661. The number of benzene rings is 1. The molecule has 2 aromatic rings. The Morgan fingerprint density at radius 3 is 2.25 bits per heavy atom. The lowest BCUT2D eigenvalue weighted by Gasteiger charge is -2.35. The van der Waals surface area contributed by atoms with Crippen LogP contribution in [0.3, 0.4) is 0 Å². The third-order valence-electron chi connectivity index (χ3n) is 9.08. The Balaban J connectivity index is 1.31. The molecule has 2 saturated heterocycles. The monoisotopic (exact) mass is 756 g/mol. The van der Waals surface area contributed by atoms with E-state index in [4.69, 9.17) is 4.74 Å². The first kappa shape index (κ1) is 38.3. The van der Waals surface area contributed by atoms with Crippen LogP contribution in [0, 0.1) is 0 Å². The molecule has 0 bridgehead atoms. The summed E-state index contributed by atoms with van der Waals surface area (Å²) in [6, 6.07) is 7.48. The fourth-order valence-electron chi connectivity index (χ4n) is 5.99. The van der Waals surface area contributed by atoms with E-state index >= 15 is 0 Å². The zero-order valence-electron chi connectivity index (χ0n) is 27.9. The van der Waals surface area contributed by atoms with Crippen LogP contribution in [-0.2, 0) is 24.4 Å². The van der Waals surface area contributed by atoms with Gasteiger partial charge in [0.05, 0.1) is 5.69 Å². The van der Waals surface area contributed by atoms with E-state index in [-0.39, 0.29) is 49.7 Å². The first-order valence-electron chi connectivity index (χ1n) is 16.7. The van der Waals surface area contributed by atoms with Gasteiger partial charge in [-0.05, 0) is 50.7 Å². The maximum atomic E-state index is 13.5. The standard InChI is InChI=1S/C31H39F3N8O9S/c32-31(33,34)52(49,50)35-12-11-22(29(46)39-14-16-40(17-15-39)30(47)48)37-27(44)23-18-26(42(38-23)21-8-2-1-3-9-21)51-19-25(43)41-13-5-10-24(41)28(45)36-20-6-4-7-20/h1-3,8-9,18,20,22,24,35H,4-7,10-17,19H2,(H,36,45)(H,37,44)(H,47,48)/t22-,24-/m0/s1. The number of hydrogen-bond donors (Lipinski definition) is 4. The number of carbonyl (C=O) groups is 5. The second-order valence-corrected chi connectivity index (χ2v) is 14.3. The Labute approximate surface area is 296 Å². The van der Waals surface area contributed by atoms with Gasteiger partial charge in [0.15, 0.2) is 12.3 Å². The second-order valence-electron chi connectivity index (χ2n) is 12.5. The summed E-state index contributed by atoms with van der Waals surface area (Å²) in [4.78, 5) is 68.2. The van der Waals surface area contributed by atoms with Crippen molar-refractivity contribution in [2.75, 3.05) is 45.9 Å². The number of amides is 5. The van der Waals surface area contributed by atoms with Crippen molar-refractivity contribution < 1.29 is 55.4 Å². The fraction of sp³-hybridized carbons (Fsp3) is 0.548. The summed E-state index contributed by atoms with van der Waals surface area (Å²) in [5, 5.41) is 18.9. The van der Waals surface area contributed by atoms with Crippen molar-refractivity contribution in [2.24, 2.45) is 0 Å². The lowest BCUT2D eigenvalue weighted by Crippen LogP contribution is -2.56. The smallest absolute Gasteiger partial charge is 0.467 e. The summed E-state index contributed by atoms with van der Waals surface area (Å²) < 4.78 is 70.4. The van der Waals surface area contributed by atoms with Crippen LogP contribution in [0.25, 0.3) is 5.69 Å². The molecule has 284 valence electrons. The minimum absolute atomic E-state index is 0.0510. The molecule has 5 rings (SSSR count). The molecule has 1 aliphatic carbocycles. The molecule has 0 unspecified atom stereocenters. The molecule has 0 radical (unpaired) electrons. The number of nitrogens with zero attached hydrogens (tertiary/aromatic N) is 5. The maximum Gasteiger partial charge on any atom is 0.511 e. The molecule has 2 aliphatic heterocycles. The van der Waals surface area contributed by atoms with Crippen molar-refractivity contribution in [3.8, 4) is 11.6 Å². The number of carbonyl (C=O) groups excluding carboxylic acids is 4. The Morgan fingerprint density at radius 2 is 1.63 bits per heavy atom. The molecule has 1 saturated carbocycles. The van der Waals surface area contributed by atoms with E-state index in [9.17, 15) is 50.7 Å². The molecular weight excluding hydrogens is 717 g/mol. The fourth-order valence-corrected chi connectivity index (χ4v) is 6.54.